The summed E-state index contributed by atoms with van der Waals surface area (Å²) in [5, 5.41) is 8.46. The third-order valence-electron chi connectivity index (χ3n) is 3.50. The van der Waals surface area contributed by atoms with Crippen molar-refractivity contribution >= 4 is 33.7 Å². The summed E-state index contributed by atoms with van der Waals surface area (Å²) < 4.78 is 16.7. The Labute approximate surface area is 174 Å². The van der Waals surface area contributed by atoms with Crippen molar-refractivity contribution < 1.29 is 18.7 Å². The molecular formula is C20H15BrN2O4S. The fraction of sp³-hybridized carbons (Fsp3) is 0.150. The maximum absolute atomic E-state index is 11.9. The summed E-state index contributed by atoms with van der Waals surface area (Å²) in [6.45, 7) is 0.0114. The zero-order valence-corrected chi connectivity index (χ0v) is 17.2. The van der Waals surface area contributed by atoms with E-state index in [0.717, 1.165) is 10.0 Å². The van der Waals surface area contributed by atoms with Crippen LogP contribution in [0.4, 0.5) is 0 Å². The van der Waals surface area contributed by atoms with Crippen molar-refractivity contribution in [3.8, 4) is 29.0 Å². The summed E-state index contributed by atoms with van der Waals surface area (Å²) in [7, 11) is 1.57. The Morgan fingerprint density at radius 2 is 1.93 bits per heavy atom. The standard InChI is InChI=1S/C20H15BrN2O4S/c1-25-15-10-8-14(9-11-15)19(24)26-12-4-5-13-28-20-23-22-18(27-20)16-6-2-3-7-17(16)21/h2-3,6-11H,12-13H2,1H3. The van der Waals surface area contributed by atoms with Crippen LogP contribution >= 0.6 is 27.7 Å². The van der Waals surface area contributed by atoms with Gasteiger partial charge in [-0.3, -0.25) is 0 Å². The predicted octanol–water partition coefficient (Wildman–Crippen LogP) is 4.46. The van der Waals surface area contributed by atoms with Crippen molar-refractivity contribution in [1.82, 2.24) is 10.2 Å². The highest BCUT2D eigenvalue weighted by molar-refractivity contribution is 9.10. The molecule has 2 aromatic carbocycles. The van der Waals surface area contributed by atoms with Gasteiger partial charge in [-0.15, -0.1) is 10.2 Å². The molecule has 8 heteroatoms. The number of carbonyl (C=O) groups excluding carboxylic acids is 1. The van der Waals surface area contributed by atoms with Crippen molar-refractivity contribution in [2.45, 2.75) is 5.22 Å². The molecule has 0 bridgehead atoms. The third-order valence-corrected chi connectivity index (χ3v) is 4.90. The number of thioether (sulfide) groups is 1. The van der Waals surface area contributed by atoms with E-state index in [9.17, 15) is 4.79 Å². The van der Waals surface area contributed by atoms with E-state index in [2.05, 4.69) is 38.0 Å². The maximum atomic E-state index is 11.9. The quantitative estimate of drug-likeness (QED) is 0.306. The van der Waals surface area contributed by atoms with Crippen LogP contribution in [0.3, 0.4) is 0 Å². The first-order valence-electron chi connectivity index (χ1n) is 8.15. The van der Waals surface area contributed by atoms with Gasteiger partial charge in [-0.1, -0.05) is 35.7 Å². The zero-order valence-electron chi connectivity index (χ0n) is 14.8. The van der Waals surface area contributed by atoms with Crippen LogP contribution in [0.15, 0.2) is 62.6 Å². The number of hydrogen-bond donors (Lipinski definition) is 0. The van der Waals surface area contributed by atoms with Gasteiger partial charge in [0.05, 0.1) is 24.0 Å². The average Bonchev–Trinajstić information content (AvgIpc) is 3.19. The van der Waals surface area contributed by atoms with Crippen LogP contribution in [0.1, 0.15) is 10.4 Å². The second-order valence-electron chi connectivity index (χ2n) is 5.30. The number of rotatable bonds is 6. The third kappa shape index (κ3) is 5.38. The molecule has 3 aromatic rings. The van der Waals surface area contributed by atoms with E-state index in [1.165, 1.54) is 11.8 Å². The lowest BCUT2D eigenvalue weighted by atomic mass is 10.2. The van der Waals surface area contributed by atoms with Gasteiger partial charge >= 0.3 is 5.97 Å². The first kappa shape index (κ1) is 20.0. The number of hydrogen-bond acceptors (Lipinski definition) is 7. The number of carbonyl (C=O) groups is 1. The predicted molar refractivity (Wildman–Crippen MR) is 109 cm³/mol. The highest BCUT2D eigenvalue weighted by atomic mass is 79.9. The molecule has 0 spiro atoms. The Morgan fingerprint density at radius 1 is 1.14 bits per heavy atom. The summed E-state index contributed by atoms with van der Waals surface area (Å²) in [5.41, 5.74) is 1.28. The molecule has 0 N–H and O–H groups in total. The number of halogens is 1. The molecule has 28 heavy (non-hydrogen) atoms. The minimum absolute atomic E-state index is 0.0114. The van der Waals surface area contributed by atoms with Gasteiger partial charge in [0.2, 0.25) is 5.89 Å². The van der Waals surface area contributed by atoms with E-state index in [-0.39, 0.29) is 6.61 Å². The van der Waals surface area contributed by atoms with Crippen molar-refractivity contribution in [3.05, 3.63) is 58.6 Å². The van der Waals surface area contributed by atoms with Crippen LogP contribution in [0.2, 0.25) is 0 Å². The molecule has 6 nitrogen and oxygen atoms in total. The van der Waals surface area contributed by atoms with Crippen LogP contribution in [0.5, 0.6) is 5.75 Å². The summed E-state index contributed by atoms with van der Waals surface area (Å²) >= 11 is 4.77. The van der Waals surface area contributed by atoms with Crippen LogP contribution in [-0.2, 0) is 4.74 Å². The van der Waals surface area contributed by atoms with E-state index in [0.29, 0.717) is 28.2 Å². The van der Waals surface area contributed by atoms with Gasteiger partial charge in [0.25, 0.3) is 5.22 Å². The summed E-state index contributed by atoms with van der Waals surface area (Å²) in [5.74, 6) is 6.82. The second-order valence-corrected chi connectivity index (χ2v) is 7.08. The molecular weight excluding hydrogens is 444 g/mol. The number of ether oxygens (including phenoxy) is 2. The Hall–Kier alpha value is -2.76. The Kier molecular flexibility index (Phi) is 7.12. The molecule has 3 rings (SSSR count). The van der Waals surface area contributed by atoms with Crippen LogP contribution in [-0.4, -0.2) is 35.6 Å². The molecule has 142 valence electrons. The molecule has 0 amide bonds. The number of esters is 1. The number of benzene rings is 2. The molecule has 0 atom stereocenters. The highest BCUT2D eigenvalue weighted by Gasteiger charge is 2.11. The minimum atomic E-state index is -0.431. The number of methoxy groups -OCH3 is 1. The smallest absolute Gasteiger partial charge is 0.339 e. The molecule has 0 unspecified atom stereocenters. The first-order valence-corrected chi connectivity index (χ1v) is 9.93. The Bertz CT molecular complexity index is 1010. The molecule has 0 fully saturated rings. The van der Waals surface area contributed by atoms with Crippen LogP contribution in [0.25, 0.3) is 11.5 Å². The van der Waals surface area contributed by atoms with E-state index < -0.39 is 5.97 Å². The van der Waals surface area contributed by atoms with Crippen molar-refractivity contribution in [1.29, 1.82) is 0 Å². The molecule has 0 saturated heterocycles. The summed E-state index contributed by atoms with van der Waals surface area (Å²) in [6.07, 6.45) is 0. The lowest BCUT2D eigenvalue weighted by Gasteiger charge is -2.02. The largest absolute Gasteiger partial charge is 0.497 e. The highest BCUT2D eigenvalue weighted by Crippen LogP contribution is 2.28. The normalized spacial score (nSPS) is 10.1. The molecule has 1 aromatic heterocycles. The lowest BCUT2D eigenvalue weighted by molar-refractivity contribution is 0.0556. The number of aromatic nitrogens is 2. The van der Waals surface area contributed by atoms with Crippen molar-refractivity contribution in [2.75, 3.05) is 19.5 Å². The summed E-state index contributed by atoms with van der Waals surface area (Å²) in [4.78, 5) is 11.9. The molecule has 0 radical (unpaired) electrons. The van der Waals surface area contributed by atoms with Gasteiger partial charge in [-0.05, 0) is 52.3 Å². The van der Waals surface area contributed by atoms with E-state index in [1.807, 2.05) is 24.3 Å². The van der Waals surface area contributed by atoms with Gasteiger partial charge in [0.1, 0.15) is 5.75 Å². The van der Waals surface area contributed by atoms with Crippen LogP contribution in [0, 0.1) is 11.8 Å². The van der Waals surface area contributed by atoms with E-state index >= 15 is 0 Å². The molecule has 0 aliphatic carbocycles. The first-order chi connectivity index (χ1) is 13.7. The van der Waals surface area contributed by atoms with Crippen LogP contribution < -0.4 is 4.74 Å². The number of nitrogens with zero attached hydrogens (tertiary/aromatic N) is 2. The SMILES string of the molecule is COc1ccc(C(=O)OCC#CCSc2nnc(-c3ccccc3Br)o2)cc1. The van der Waals surface area contributed by atoms with Gasteiger partial charge in [-0.2, -0.15) is 0 Å². The summed E-state index contributed by atoms with van der Waals surface area (Å²) in [6, 6.07) is 14.3. The zero-order chi connectivity index (χ0) is 19.8. The Balaban J connectivity index is 1.44. The topological polar surface area (TPSA) is 74.5 Å². The fourth-order valence-corrected chi connectivity index (χ4v) is 3.11. The fourth-order valence-electron chi connectivity index (χ4n) is 2.12. The van der Waals surface area contributed by atoms with Crippen molar-refractivity contribution in [2.24, 2.45) is 0 Å². The molecule has 0 aliphatic rings. The van der Waals surface area contributed by atoms with Gasteiger partial charge in [-0.25, -0.2) is 4.79 Å². The Morgan fingerprint density at radius 3 is 2.68 bits per heavy atom. The van der Waals surface area contributed by atoms with Gasteiger partial charge in [0, 0.05) is 4.47 Å². The van der Waals surface area contributed by atoms with E-state index in [1.54, 1.807) is 31.4 Å². The maximum Gasteiger partial charge on any atom is 0.339 e. The van der Waals surface area contributed by atoms with E-state index in [4.69, 9.17) is 13.9 Å². The molecule has 0 saturated carbocycles. The monoisotopic (exact) mass is 458 g/mol. The lowest BCUT2D eigenvalue weighted by Crippen LogP contribution is -2.05. The van der Waals surface area contributed by atoms with Crippen molar-refractivity contribution in [3.63, 3.8) is 0 Å². The minimum Gasteiger partial charge on any atom is -0.497 e. The average molecular weight is 459 g/mol. The molecule has 0 aliphatic heterocycles. The van der Waals surface area contributed by atoms with Gasteiger partial charge < -0.3 is 13.9 Å². The van der Waals surface area contributed by atoms with Gasteiger partial charge in [0.15, 0.2) is 6.61 Å². The second kappa shape index (κ2) is 9.97. The molecule has 1 heterocycles.